The monoisotopic (exact) mass is 184 g/mol. The molecule has 0 heterocycles. The minimum absolute atomic E-state index is 0.321. The van der Waals surface area contributed by atoms with Crippen molar-refractivity contribution in [2.75, 3.05) is 6.54 Å². The summed E-state index contributed by atoms with van der Waals surface area (Å²) in [7, 11) is 0. The predicted molar refractivity (Wildman–Crippen MR) is 52.4 cm³/mol. The molecule has 2 fully saturated rings. The van der Waals surface area contributed by atoms with Crippen LogP contribution >= 0.6 is 0 Å². The third kappa shape index (κ3) is 2.66. The van der Waals surface area contributed by atoms with E-state index in [9.17, 15) is 5.11 Å². The normalized spacial score (nSPS) is 40.6. The molecule has 2 rings (SSSR count). The molecule has 13 heavy (non-hydrogen) atoms. The molecular weight excluding hydrogens is 164 g/mol. The zero-order valence-corrected chi connectivity index (χ0v) is 8.13. The van der Waals surface area contributed by atoms with Gasteiger partial charge in [-0.3, -0.25) is 0 Å². The minimum atomic E-state index is -0.460. The van der Waals surface area contributed by atoms with E-state index in [1.54, 1.807) is 0 Å². The molecule has 0 aliphatic heterocycles. The average Bonchev–Trinajstić information content (AvgIpc) is 2.91. The molecule has 0 bridgehead atoms. The lowest BCUT2D eigenvalue weighted by atomic mass is 9.82. The van der Waals surface area contributed by atoms with Gasteiger partial charge in [0.1, 0.15) is 0 Å². The van der Waals surface area contributed by atoms with E-state index in [1.165, 1.54) is 12.8 Å². The van der Waals surface area contributed by atoms with E-state index in [2.05, 4.69) is 5.32 Å². The molecule has 0 aromatic carbocycles. The maximum absolute atomic E-state index is 10.1. The van der Waals surface area contributed by atoms with Gasteiger partial charge in [-0.1, -0.05) is 0 Å². The summed E-state index contributed by atoms with van der Waals surface area (Å²) in [5, 5.41) is 13.5. The lowest BCUT2D eigenvalue weighted by molar-refractivity contribution is 0.000437. The summed E-state index contributed by atoms with van der Waals surface area (Å²) in [6.45, 7) is 0.768. The SMILES string of the molecule is NC1CCC(O)(CNC2CC2)CC1. The molecule has 2 saturated carbocycles. The molecule has 0 aromatic heterocycles. The largest absolute Gasteiger partial charge is 0.389 e. The number of hydrogen-bond acceptors (Lipinski definition) is 3. The van der Waals surface area contributed by atoms with Crippen molar-refractivity contribution in [1.82, 2.24) is 5.32 Å². The van der Waals surface area contributed by atoms with Crippen LogP contribution < -0.4 is 11.1 Å². The van der Waals surface area contributed by atoms with Crippen molar-refractivity contribution in [3.8, 4) is 0 Å². The van der Waals surface area contributed by atoms with Crippen molar-refractivity contribution < 1.29 is 5.11 Å². The van der Waals surface area contributed by atoms with Crippen molar-refractivity contribution in [1.29, 1.82) is 0 Å². The minimum Gasteiger partial charge on any atom is -0.389 e. The Hall–Kier alpha value is -0.120. The van der Waals surface area contributed by atoms with E-state index in [1.807, 2.05) is 0 Å². The van der Waals surface area contributed by atoms with E-state index in [0.717, 1.165) is 32.2 Å². The molecular formula is C10H20N2O. The molecule has 76 valence electrons. The molecule has 3 nitrogen and oxygen atoms in total. The molecule has 0 radical (unpaired) electrons. The van der Waals surface area contributed by atoms with Crippen molar-refractivity contribution in [3.05, 3.63) is 0 Å². The van der Waals surface area contributed by atoms with Gasteiger partial charge in [-0.2, -0.15) is 0 Å². The fraction of sp³-hybridized carbons (Fsp3) is 1.00. The van der Waals surface area contributed by atoms with E-state index in [0.29, 0.717) is 12.1 Å². The van der Waals surface area contributed by atoms with Crippen molar-refractivity contribution >= 4 is 0 Å². The van der Waals surface area contributed by atoms with E-state index in [4.69, 9.17) is 5.73 Å². The molecule has 2 aliphatic rings. The van der Waals surface area contributed by atoms with Crippen LogP contribution in [0.15, 0.2) is 0 Å². The molecule has 2 aliphatic carbocycles. The van der Waals surface area contributed by atoms with Crippen LogP contribution in [0.1, 0.15) is 38.5 Å². The first-order chi connectivity index (χ1) is 6.18. The number of aliphatic hydroxyl groups is 1. The third-order valence-corrected chi connectivity index (χ3v) is 3.26. The fourth-order valence-corrected chi connectivity index (χ4v) is 1.98. The lowest BCUT2D eigenvalue weighted by Gasteiger charge is -2.35. The van der Waals surface area contributed by atoms with E-state index >= 15 is 0 Å². The predicted octanol–water partition coefficient (Wildman–Crippen LogP) is 0.371. The van der Waals surface area contributed by atoms with Gasteiger partial charge in [0.05, 0.1) is 5.60 Å². The Morgan fingerprint density at radius 1 is 1.23 bits per heavy atom. The van der Waals surface area contributed by atoms with Gasteiger partial charge in [0, 0.05) is 18.6 Å². The summed E-state index contributed by atoms with van der Waals surface area (Å²) in [6.07, 6.45) is 6.26. The maximum atomic E-state index is 10.1. The summed E-state index contributed by atoms with van der Waals surface area (Å²) >= 11 is 0. The smallest absolute Gasteiger partial charge is 0.0772 e. The second-order valence-electron chi connectivity index (χ2n) is 4.72. The Labute approximate surface area is 79.7 Å². The Kier molecular flexibility index (Phi) is 2.58. The molecule has 0 amide bonds. The second-order valence-corrected chi connectivity index (χ2v) is 4.72. The average molecular weight is 184 g/mol. The summed E-state index contributed by atoms with van der Waals surface area (Å²) in [5.41, 5.74) is 5.33. The zero-order chi connectivity index (χ0) is 9.31. The van der Waals surface area contributed by atoms with Gasteiger partial charge in [0.2, 0.25) is 0 Å². The lowest BCUT2D eigenvalue weighted by Crippen LogP contribution is -2.46. The Bertz CT molecular complexity index is 172. The van der Waals surface area contributed by atoms with Gasteiger partial charge in [0.25, 0.3) is 0 Å². The van der Waals surface area contributed by atoms with Crippen molar-refractivity contribution in [2.24, 2.45) is 5.73 Å². The molecule has 4 N–H and O–H groups in total. The van der Waals surface area contributed by atoms with Crippen LogP contribution in [0.3, 0.4) is 0 Å². The highest BCUT2D eigenvalue weighted by Crippen LogP contribution is 2.28. The summed E-state index contributed by atoms with van der Waals surface area (Å²) in [5.74, 6) is 0. The second kappa shape index (κ2) is 3.56. The standard InChI is InChI=1S/C10H20N2O/c11-8-3-5-10(13,6-4-8)7-12-9-1-2-9/h8-9,12-13H,1-7,11H2. The Morgan fingerprint density at radius 2 is 1.85 bits per heavy atom. The number of hydrogen-bond donors (Lipinski definition) is 3. The van der Waals surface area contributed by atoms with Gasteiger partial charge < -0.3 is 16.2 Å². The van der Waals surface area contributed by atoms with Crippen LogP contribution in [0, 0.1) is 0 Å². The van der Waals surface area contributed by atoms with Crippen LogP contribution in [-0.4, -0.2) is 29.3 Å². The number of rotatable bonds is 3. The molecule has 0 aromatic rings. The van der Waals surface area contributed by atoms with Crippen LogP contribution in [0.2, 0.25) is 0 Å². The van der Waals surface area contributed by atoms with E-state index < -0.39 is 5.60 Å². The van der Waals surface area contributed by atoms with Crippen LogP contribution in [0.25, 0.3) is 0 Å². The van der Waals surface area contributed by atoms with Gasteiger partial charge in [-0.15, -0.1) is 0 Å². The number of nitrogens with one attached hydrogen (secondary N) is 1. The Balaban J connectivity index is 1.74. The highest BCUT2D eigenvalue weighted by molar-refractivity contribution is 4.91. The summed E-state index contributed by atoms with van der Waals surface area (Å²) < 4.78 is 0. The van der Waals surface area contributed by atoms with Crippen LogP contribution in [-0.2, 0) is 0 Å². The van der Waals surface area contributed by atoms with E-state index in [-0.39, 0.29) is 0 Å². The molecule has 3 heteroatoms. The molecule has 0 atom stereocenters. The highest BCUT2D eigenvalue weighted by Gasteiger charge is 2.33. The summed E-state index contributed by atoms with van der Waals surface area (Å²) in [6, 6.07) is 1.01. The zero-order valence-electron chi connectivity index (χ0n) is 8.13. The number of nitrogens with two attached hydrogens (primary N) is 1. The van der Waals surface area contributed by atoms with Crippen molar-refractivity contribution in [2.45, 2.75) is 56.2 Å². The van der Waals surface area contributed by atoms with Crippen LogP contribution in [0.4, 0.5) is 0 Å². The topological polar surface area (TPSA) is 58.3 Å². The third-order valence-electron chi connectivity index (χ3n) is 3.26. The first kappa shape index (κ1) is 9.44. The first-order valence-corrected chi connectivity index (χ1v) is 5.39. The molecule has 0 saturated heterocycles. The molecule has 0 unspecified atom stereocenters. The van der Waals surface area contributed by atoms with Crippen molar-refractivity contribution in [3.63, 3.8) is 0 Å². The summed E-state index contributed by atoms with van der Waals surface area (Å²) in [4.78, 5) is 0. The van der Waals surface area contributed by atoms with Gasteiger partial charge in [-0.05, 0) is 38.5 Å². The first-order valence-electron chi connectivity index (χ1n) is 5.39. The maximum Gasteiger partial charge on any atom is 0.0772 e. The van der Waals surface area contributed by atoms with Gasteiger partial charge in [0.15, 0.2) is 0 Å². The fourth-order valence-electron chi connectivity index (χ4n) is 1.98. The highest BCUT2D eigenvalue weighted by atomic mass is 16.3. The van der Waals surface area contributed by atoms with Gasteiger partial charge in [-0.25, -0.2) is 0 Å². The van der Waals surface area contributed by atoms with Gasteiger partial charge >= 0.3 is 0 Å². The van der Waals surface area contributed by atoms with Crippen LogP contribution in [0.5, 0.6) is 0 Å². The quantitative estimate of drug-likeness (QED) is 0.594. The molecule has 0 spiro atoms. The Morgan fingerprint density at radius 3 is 2.38 bits per heavy atom.